The second-order valence-electron chi connectivity index (χ2n) is 5.83. The van der Waals surface area contributed by atoms with E-state index in [1.54, 1.807) is 29.2 Å². The van der Waals surface area contributed by atoms with Crippen LogP contribution < -0.4 is 0 Å². The van der Waals surface area contributed by atoms with Crippen LogP contribution in [-0.2, 0) is 0 Å². The molecule has 0 spiro atoms. The molecule has 24 heavy (non-hydrogen) atoms. The molecule has 1 fully saturated rings. The van der Waals surface area contributed by atoms with Crippen molar-refractivity contribution in [2.45, 2.75) is 25.3 Å². The van der Waals surface area contributed by atoms with Crippen molar-refractivity contribution in [2.24, 2.45) is 0 Å². The number of carbonyl (C=O) groups excluding carboxylic acids is 2. The number of benzene rings is 1. The van der Waals surface area contributed by atoms with Gasteiger partial charge in [0.1, 0.15) is 11.8 Å². The van der Waals surface area contributed by atoms with Crippen molar-refractivity contribution < 1.29 is 9.59 Å². The zero-order valence-electron chi connectivity index (χ0n) is 13.2. The van der Waals surface area contributed by atoms with E-state index in [0.29, 0.717) is 29.8 Å². The third-order valence-corrected chi connectivity index (χ3v) is 4.27. The SMILES string of the molecule is N#Cc1ccc(C(=O)N2CCC[C@H]2CC(=O)c2ccccc2)nc1. The molecule has 0 saturated carbocycles. The van der Waals surface area contributed by atoms with E-state index in [1.165, 1.54) is 6.20 Å². The van der Waals surface area contributed by atoms with Gasteiger partial charge in [0.15, 0.2) is 5.78 Å². The Morgan fingerprint density at radius 2 is 2.00 bits per heavy atom. The maximum Gasteiger partial charge on any atom is 0.272 e. The molecule has 2 aromatic rings. The standard InChI is InChI=1S/C19H17N3O2/c20-12-14-8-9-17(21-13-14)19(24)22-10-4-7-16(22)11-18(23)15-5-2-1-3-6-15/h1-3,5-6,8-9,13,16H,4,7,10-11H2/t16-/m0/s1. The molecule has 0 radical (unpaired) electrons. The number of carbonyl (C=O) groups is 2. The molecule has 1 aromatic carbocycles. The molecule has 1 aromatic heterocycles. The Labute approximate surface area is 140 Å². The number of likely N-dealkylation sites (tertiary alicyclic amines) is 1. The summed E-state index contributed by atoms with van der Waals surface area (Å²) in [7, 11) is 0. The fraction of sp³-hybridized carbons (Fsp3) is 0.263. The van der Waals surface area contributed by atoms with Gasteiger partial charge in [-0.25, -0.2) is 4.98 Å². The van der Waals surface area contributed by atoms with E-state index >= 15 is 0 Å². The predicted octanol–water partition coefficient (Wildman–Crippen LogP) is 2.83. The lowest BCUT2D eigenvalue weighted by atomic mass is 10.0. The number of hydrogen-bond acceptors (Lipinski definition) is 4. The molecule has 1 atom stereocenters. The number of pyridine rings is 1. The summed E-state index contributed by atoms with van der Waals surface area (Å²) >= 11 is 0. The highest BCUT2D eigenvalue weighted by Crippen LogP contribution is 2.23. The highest BCUT2D eigenvalue weighted by molar-refractivity contribution is 5.97. The number of aromatic nitrogens is 1. The van der Waals surface area contributed by atoms with E-state index in [9.17, 15) is 9.59 Å². The lowest BCUT2D eigenvalue weighted by Crippen LogP contribution is -2.37. The molecule has 1 aliphatic heterocycles. The van der Waals surface area contributed by atoms with E-state index in [-0.39, 0.29) is 17.7 Å². The van der Waals surface area contributed by atoms with E-state index in [2.05, 4.69) is 4.98 Å². The fourth-order valence-corrected chi connectivity index (χ4v) is 3.00. The third kappa shape index (κ3) is 3.33. The zero-order chi connectivity index (χ0) is 16.9. The van der Waals surface area contributed by atoms with Crippen LogP contribution in [0.15, 0.2) is 48.7 Å². The second kappa shape index (κ2) is 7.05. The first-order valence-electron chi connectivity index (χ1n) is 7.94. The molecule has 1 saturated heterocycles. The molecule has 120 valence electrons. The van der Waals surface area contributed by atoms with Gasteiger partial charge in [-0.15, -0.1) is 0 Å². The molecule has 0 unspecified atom stereocenters. The molecular weight excluding hydrogens is 302 g/mol. The Morgan fingerprint density at radius 3 is 2.67 bits per heavy atom. The summed E-state index contributed by atoms with van der Waals surface area (Å²) in [6, 6.07) is 14.2. The second-order valence-corrected chi connectivity index (χ2v) is 5.83. The molecule has 0 bridgehead atoms. The van der Waals surface area contributed by atoms with Crippen molar-refractivity contribution in [3.63, 3.8) is 0 Å². The van der Waals surface area contributed by atoms with Gasteiger partial charge in [0.2, 0.25) is 0 Å². The summed E-state index contributed by atoms with van der Waals surface area (Å²) in [4.78, 5) is 30.8. The van der Waals surface area contributed by atoms with Gasteiger partial charge in [0.25, 0.3) is 5.91 Å². The summed E-state index contributed by atoms with van der Waals surface area (Å²) in [5.74, 6) is -0.129. The number of amides is 1. The first-order valence-corrected chi connectivity index (χ1v) is 7.94. The minimum atomic E-state index is -0.178. The van der Waals surface area contributed by atoms with Crippen LogP contribution >= 0.6 is 0 Å². The highest BCUT2D eigenvalue weighted by atomic mass is 16.2. The Hall–Kier alpha value is -3.00. The van der Waals surface area contributed by atoms with Gasteiger partial charge in [0.05, 0.1) is 5.56 Å². The van der Waals surface area contributed by atoms with Crippen LogP contribution in [0.5, 0.6) is 0 Å². The van der Waals surface area contributed by atoms with E-state index in [1.807, 2.05) is 24.3 Å². The molecule has 0 aliphatic carbocycles. The van der Waals surface area contributed by atoms with Gasteiger partial charge in [-0.1, -0.05) is 30.3 Å². The Morgan fingerprint density at radius 1 is 1.21 bits per heavy atom. The van der Waals surface area contributed by atoms with Crippen molar-refractivity contribution in [3.8, 4) is 6.07 Å². The first-order chi connectivity index (χ1) is 11.7. The van der Waals surface area contributed by atoms with Crippen LogP contribution in [0.3, 0.4) is 0 Å². The topological polar surface area (TPSA) is 74.1 Å². The molecule has 2 heterocycles. The van der Waals surface area contributed by atoms with Gasteiger partial charge in [-0.2, -0.15) is 5.26 Å². The molecule has 1 aliphatic rings. The average molecular weight is 319 g/mol. The zero-order valence-corrected chi connectivity index (χ0v) is 13.2. The number of hydrogen-bond donors (Lipinski definition) is 0. The third-order valence-electron chi connectivity index (χ3n) is 4.27. The van der Waals surface area contributed by atoms with Crippen molar-refractivity contribution in [2.75, 3.05) is 6.54 Å². The smallest absolute Gasteiger partial charge is 0.272 e. The largest absolute Gasteiger partial charge is 0.334 e. The lowest BCUT2D eigenvalue weighted by Gasteiger charge is -2.24. The predicted molar refractivity (Wildman–Crippen MR) is 88.4 cm³/mol. The Kier molecular flexibility index (Phi) is 4.66. The maximum atomic E-state index is 12.6. The minimum Gasteiger partial charge on any atom is -0.334 e. The van der Waals surface area contributed by atoms with Gasteiger partial charge < -0.3 is 4.90 Å². The van der Waals surface area contributed by atoms with Gasteiger partial charge >= 0.3 is 0 Å². The van der Waals surface area contributed by atoms with Crippen LogP contribution in [0.4, 0.5) is 0 Å². The van der Waals surface area contributed by atoms with Crippen molar-refractivity contribution in [3.05, 3.63) is 65.5 Å². The lowest BCUT2D eigenvalue weighted by molar-refractivity contribution is 0.0711. The summed E-state index contributed by atoms with van der Waals surface area (Å²) in [6.07, 6.45) is 3.43. The molecular formula is C19H17N3O2. The monoisotopic (exact) mass is 319 g/mol. The van der Waals surface area contributed by atoms with Gasteiger partial charge in [-0.05, 0) is 25.0 Å². The van der Waals surface area contributed by atoms with Gasteiger partial charge in [-0.3, -0.25) is 9.59 Å². The molecule has 3 rings (SSSR count). The number of Topliss-reactive ketones (excluding diaryl/α,β-unsaturated/α-hetero) is 1. The first kappa shape index (κ1) is 15.9. The maximum absolute atomic E-state index is 12.6. The van der Waals surface area contributed by atoms with Crippen LogP contribution in [-0.4, -0.2) is 34.2 Å². The van der Waals surface area contributed by atoms with Crippen LogP contribution in [0.2, 0.25) is 0 Å². The number of ketones is 1. The molecule has 0 N–H and O–H groups in total. The van der Waals surface area contributed by atoms with E-state index in [0.717, 1.165) is 12.8 Å². The van der Waals surface area contributed by atoms with Gasteiger partial charge in [0, 0.05) is 30.8 Å². The molecule has 5 nitrogen and oxygen atoms in total. The van der Waals surface area contributed by atoms with E-state index in [4.69, 9.17) is 5.26 Å². The summed E-state index contributed by atoms with van der Waals surface area (Å²) in [6.45, 7) is 0.632. The average Bonchev–Trinajstić information content (AvgIpc) is 3.10. The molecule has 1 amide bonds. The summed E-state index contributed by atoms with van der Waals surface area (Å²) in [5.41, 5.74) is 1.41. The Bertz CT molecular complexity index is 779. The van der Waals surface area contributed by atoms with E-state index < -0.39 is 0 Å². The number of rotatable bonds is 4. The van der Waals surface area contributed by atoms with Crippen LogP contribution in [0.25, 0.3) is 0 Å². The Balaban J connectivity index is 1.71. The van der Waals surface area contributed by atoms with Crippen molar-refractivity contribution >= 4 is 11.7 Å². The van der Waals surface area contributed by atoms with Crippen LogP contribution in [0, 0.1) is 11.3 Å². The number of nitriles is 1. The van der Waals surface area contributed by atoms with Crippen molar-refractivity contribution in [1.29, 1.82) is 5.26 Å². The normalized spacial score (nSPS) is 16.6. The minimum absolute atomic E-state index is 0.0492. The summed E-state index contributed by atoms with van der Waals surface area (Å²) < 4.78 is 0. The molecule has 5 heteroatoms. The van der Waals surface area contributed by atoms with Crippen molar-refractivity contribution in [1.82, 2.24) is 9.88 Å². The highest BCUT2D eigenvalue weighted by Gasteiger charge is 2.31. The van der Waals surface area contributed by atoms with Crippen LogP contribution in [0.1, 0.15) is 45.7 Å². The number of nitrogens with zero attached hydrogens (tertiary/aromatic N) is 3. The fourth-order valence-electron chi connectivity index (χ4n) is 3.00. The quantitative estimate of drug-likeness (QED) is 0.812. The summed E-state index contributed by atoms with van der Waals surface area (Å²) in [5, 5.41) is 8.81.